The van der Waals surface area contributed by atoms with Crippen molar-refractivity contribution in [3.63, 3.8) is 0 Å². The molecule has 3 rings (SSSR count). The fourth-order valence-corrected chi connectivity index (χ4v) is 3.93. The fourth-order valence-electron chi connectivity index (χ4n) is 3.74. The van der Waals surface area contributed by atoms with Crippen LogP contribution in [0.25, 0.3) is 0 Å². The Kier molecular flexibility index (Phi) is 6.92. The minimum Gasteiger partial charge on any atom is -0.349 e. The molecule has 0 saturated carbocycles. The van der Waals surface area contributed by atoms with Crippen molar-refractivity contribution in [2.75, 3.05) is 13.1 Å². The van der Waals surface area contributed by atoms with Gasteiger partial charge in [0.25, 0.3) is 0 Å². The van der Waals surface area contributed by atoms with Crippen LogP contribution >= 0.6 is 11.6 Å². The number of hydrogen-bond donors (Lipinski definition) is 1. The number of nitrogens with one attached hydrogen (secondary N) is 1. The van der Waals surface area contributed by atoms with Crippen LogP contribution in [0.1, 0.15) is 49.4 Å². The molecule has 1 aliphatic heterocycles. The summed E-state index contributed by atoms with van der Waals surface area (Å²) >= 11 is 6.29. The molecule has 0 bridgehead atoms. The first-order chi connectivity index (χ1) is 13.1. The van der Waals surface area contributed by atoms with Gasteiger partial charge in [-0.3, -0.25) is 9.69 Å². The number of amides is 1. The molecule has 1 N–H and O–H groups in total. The van der Waals surface area contributed by atoms with Crippen molar-refractivity contribution in [2.24, 2.45) is 5.92 Å². The average molecular weight is 385 g/mol. The minimum absolute atomic E-state index is 0.0300. The Bertz CT molecular complexity index is 759. The van der Waals surface area contributed by atoms with E-state index < -0.39 is 0 Å². The van der Waals surface area contributed by atoms with E-state index in [0.29, 0.717) is 0 Å². The summed E-state index contributed by atoms with van der Waals surface area (Å²) in [6, 6.07) is 16.5. The Labute approximate surface area is 167 Å². The number of nitrogens with zero attached hydrogens (tertiary/aromatic N) is 1. The molecule has 1 aliphatic rings. The van der Waals surface area contributed by atoms with Crippen LogP contribution in [0.2, 0.25) is 5.02 Å². The second-order valence-electron chi connectivity index (χ2n) is 7.49. The van der Waals surface area contributed by atoms with Crippen LogP contribution in [-0.4, -0.2) is 23.9 Å². The third kappa shape index (κ3) is 5.33. The number of aryl methyl sites for hydroxylation is 1. The molecule has 4 heteroatoms. The fraction of sp³-hybridized carbons (Fsp3) is 0.435. The quantitative estimate of drug-likeness (QED) is 0.760. The van der Waals surface area contributed by atoms with Crippen LogP contribution < -0.4 is 5.32 Å². The molecule has 2 aromatic carbocycles. The number of benzene rings is 2. The molecule has 1 saturated heterocycles. The molecule has 0 radical (unpaired) electrons. The van der Waals surface area contributed by atoms with Gasteiger partial charge in [0.05, 0.1) is 12.0 Å². The average Bonchev–Trinajstić information content (AvgIpc) is 2.70. The van der Waals surface area contributed by atoms with Crippen molar-refractivity contribution in [1.82, 2.24) is 10.2 Å². The van der Waals surface area contributed by atoms with Gasteiger partial charge in [-0.15, -0.1) is 0 Å². The minimum atomic E-state index is 0.0300. The summed E-state index contributed by atoms with van der Waals surface area (Å²) in [7, 11) is 0. The van der Waals surface area contributed by atoms with Crippen LogP contribution in [0, 0.1) is 5.92 Å². The predicted molar refractivity (Wildman–Crippen MR) is 112 cm³/mol. The summed E-state index contributed by atoms with van der Waals surface area (Å²) in [4.78, 5) is 15.1. The highest BCUT2D eigenvalue weighted by Crippen LogP contribution is 2.23. The smallest absolute Gasteiger partial charge is 0.224 e. The second kappa shape index (κ2) is 9.38. The van der Waals surface area contributed by atoms with E-state index in [1.807, 2.05) is 18.2 Å². The maximum absolute atomic E-state index is 12.8. The van der Waals surface area contributed by atoms with E-state index in [9.17, 15) is 4.79 Å². The first-order valence-electron chi connectivity index (χ1n) is 9.91. The Hall–Kier alpha value is -1.84. The molecular formula is C23H29ClN2O. The lowest BCUT2D eigenvalue weighted by Gasteiger charge is -2.32. The maximum atomic E-state index is 12.8. The van der Waals surface area contributed by atoms with E-state index in [-0.39, 0.29) is 17.9 Å². The van der Waals surface area contributed by atoms with Gasteiger partial charge in [0, 0.05) is 18.1 Å². The molecule has 2 aromatic rings. The number of hydrogen-bond acceptors (Lipinski definition) is 2. The van der Waals surface area contributed by atoms with Crippen LogP contribution in [0.3, 0.4) is 0 Å². The lowest BCUT2D eigenvalue weighted by Crippen LogP contribution is -2.43. The molecule has 1 fully saturated rings. The van der Waals surface area contributed by atoms with Crippen LogP contribution in [0.4, 0.5) is 0 Å². The summed E-state index contributed by atoms with van der Waals surface area (Å²) in [6.07, 6.45) is 3.03. The van der Waals surface area contributed by atoms with Gasteiger partial charge in [-0.25, -0.2) is 0 Å². The predicted octanol–water partition coefficient (Wildman–Crippen LogP) is 4.99. The van der Waals surface area contributed by atoms with Crippen LogP contribution in [0.5, 0.6) is 0 Å². The van der Waals surface area contributed by atoms with E-state index in [1.165, 1.54) is 5.56 Å². The molecule has 144 valence electrons. The summed E-state index contributed by atoms with van der Waals surface area (Å²) < 4.78 is 0. The van der Waals surface area contributed by atoms with E-state index in [1.54, 1.807) is 0 Å². The number of rotatable bonds is 6. The van der Waals surface area contributed by atoms with Gasteiger partial charge in [0.15, 0.2) is 0 Å². The zero-order chi connectivity index (χ0) is 19.2. The maximum Gasteiger partial charge on any atom is 0.224 e. The van der Waals surface area contributed by atoms with E-state index in [0.717, 1.165) is 55.0 Å². The number of halogens is 1. The van der Waals surface area contributed by atoms with Gasteiger partial charge in [0.1, 0.15) is 0 Å². The number of carbonyl (C=O) groups excluding carboxylic acids is 1. The van der Waals surface area contributed by atoms with E-state index in [2.05, 4.69) is 54.4 Å². The highest BCUT2D eigenvalue weighted by molar-refractivity contribution is 6.31. The number of piperidine rings is 1. The Morgan fingerprint density at radius 2 is 1.96 bits per heavy atom. The van der Waals surface area contributed by atoms with Gasteiger partial charge in [-0.1, -0.05) is 61.0 Å². The van der Waals surface area contributed by atoms with Gasteiger partial charge in [0.2, 0.25) is 5.91 Å². The van der Waals surface area contributed by atoms with Crippen molar-refractivity contribution in [2.45, 2.75) is 45.7 Å². The Morgan fingerprint density at radius 1 is 1.22 bits per heavy atom. The topological polar surface area (TPSA) is 32.3 Å². The molecule has 0 unspecified atom stereocenters. The number of likely N-dealkylation sites (tertiary alicyclic amines) is 1. The molecule has 0 aromatic heterocycles. The largest absolute Gasteiger partial charge is 0.349 e. The molecule has 1 heterocycles. The van der Waals surface area contributed by atoms with E-state index >= 15 is 0 Å². The van der Waals surface area contributed by atoms with Gasteiger partial charge < -0.3 is 5.32 Å². The zero-order valence-corrected chi connectivity index (χ0v) is 17.0. The van der Waals surface area contributed by atoms with Gasteiger partial charge >= 0.3 is 0 Å². The third-order valence-electron chi connectivity index (χ3n) is 5.47. The van der Waals surface area contributed by atoms with Crippen LogP contribution in [-0.2, 0) is 17.8 Å². The second-order valence-corrected chi connectivity index (χ2v) is 7.90. The van der Waals surface area contributed by atoms with Crippen molar-refractivity contribution in [3.8, 4) is 0 Å². The summed E-state index contributed by atoms with van der Waals surface area (Å²) in [5, 5.41) is 4.01. The standard InChI is InChI=1S/C23H29ClN2O/c1-3-18-10-12-19(13-11-18)17(2)25-23(27)21-8-6-14-26(16-21)15-20-7-4-5-9-22(20)24/h4-5,7,9-13,17,21H,3,6,8,14-16H2,1-2H3,(H,25,27)/t17-,21+/m0/s1. The SMILES string of the molecule is CCc1ccc([C@H](C)NC(=O)[C@@H]2CCCN(Cc3ccccc3Cl)C2)cc1. The lowest BCUT2D eigenvalue weighted by molar-refractivity contribution is -0.127. The van der Waals surface area contributed by atoms with Crippen molar-refractivity contribution in [3.05, 3.63) is 70.2 Å². The summed E-state index contributed by atoms with van der Waals surface area (Å²) in [5.41, 5.74) is 3.61. The third-order valence-corrected chi connectivity index (χ3v) is 5.84. The normalized spacial score (nSPS) is 18.9. The Morgan fingerprint density at radius 3 is 2.67 bits per heavy atom. The molecule has 0 aliphatic carbocycles. The summed E-state index contributed by atoms with van der Waals surface area (Å²) in [5.74, 6) is 0.199. The van der Waals surface area contributed by atoms with Crippen LogP contribution in [0.15, 0.2) is 48.5 Å². The van der Waals surface area contributed by atoms with Crippen molar-refractivity contribution < 1.29 is 4.79 Å². The van der Waals surface area contributed by atoms with Gasteiger partial charge in [-0.05, 0) is 55.5 Å². The molecular weight excluding hydrogens is 356 g/mol. The molecule has 1 amide bonds. The monoisotopic (exact) mass is 384 g/mol. The highest BCUT2D eigenvalue weighted by Gasteiger charge is 2.27. The molecule has 27 heavy (non-hydrogen) atoms. The number of carbonyl (C=O) groups is 1. The van der Waals surface area contributed by atoms with Crippen molar-refractivity contribution in [1.29, 1.82) is 0 Å². The first kappa shape index (κ1) is 19.9. The summed E-state index contributed by atoms with van der Waals surface area (Å²) in [6.45, 7) is 6.82. The molecule has 2 atom stereocenters. The van der Waals surface area contributed by atoms with E-state index in [4.69, 9.17) is 11.6 Å². The van der Waals surface area contributed by atoms with Gasteiger partial charge in [-0.2, -0.15) is 0 Å². The highest BCUT2D eigenvalue weighted by atomic mass is 35.5. The molecule has 0 spiro atoms. The first-order valence-corrected chi connectivity index (χ1v) is 10.3. The zero-order valence-electron chi connectivity index (χ0n) is 16.2. The molecule has 3 nitrogen and oxygen atoms in total. The Balaban J connectivity index is 1.56. The van der Waals surface area contributed by atoms with Crippen molar-refractivity contribution >= 4 is 17.5 Å². The lowest BCUT2D eigenvalue weighted by atomic mass is 9.95.